The van der Waals surface area contributed by atoms with E-state index >= 15 is 0 Å². The summed E-state index contributed by atoms with van der Waals surface area (Å²) in [5.41, 5.74) is 9.47. The number of aromatic nitrogens is 1. The Bertz CT molecular complexity index is 525. The zero-order chi connectivity index (χ0) is 16.3. The maximum Gasteiger partial charge on any atom is 0.0472 e. The Morgan fingerprint density at radius 2 is 1.81 bits per heavy atom. The first-order chi connectivity index (χ1) is 9.55. The monoisotopic (exact) mass is 286 g/mol. The van der Waals surface area contributed by atoms with E-state index in [1.807, 2.05) is 12.3 Å². The van der Waals surface area contributed by atoms with Crippen molar-refractivity contribution >= 4 is 0 Å². The van der Waals surface area contributed by atoms with Gasteiger partial charge in [0.05, 0.1) is 0 Å². The largest absolute Gasteiger partial charge is 0.405 e. The Morgan fingerprint density at radius 3 is 2.29 bits per heavy atom. The van der Waals surface area contributed by atoms with Gasteiger partial charge in [0.25, 0.3) is 0 Å². The van der Waals surface area contributed by atoms with Crippen LogP contribution in [0.15, 0.2) is 42.3 Å². The predicted molar refractivity (Wildman–Crippen MR) is 92.2 cm³/mol. The molecule has 2 heteroatoms. The van der Waals surface area contributed by atoms with Crippen molar-refractivity contribution in [1.82, 2.24) is 4.98 Å². The van der Waals surface area contributed by atoms with Crippen LogP contribution in [0.2, 0.25) is 0 Å². The number of allylic oxidation sites excluding steroid dienone is 3. The quantitative estimate of drug-likeness (QED) is 0.800. The van der Waals surface area contributed by atoms with Gasteiger partial charge in [-0.2, -0.15) is 0 Å². The molecular formula is C19H30N2. The van der Waals surface area contributed by atoms with Crippen molar-refractivity contribution < 1.29 is 0 Å². The van der Waals surface area contributed by atoms with E-state index in [9.17, 15) is 0 Å². The first-order valence-electron chi connectivity index (χ1n) is 7.62. The highest BCUT2D eigenvalue weighted by molar-refractivity contribution is 5.31. The molecule has 0 aliphatic heterocycles. The molecule has 1 heterocycles. The minimum Gasteiger partial charge on any atom is -0.405 e. The van der Waals surface area contributed by atoms with E-state index in [-0.39, 0.29) is 16.7 Å². The van der Waals surface area contributed by atoms with Gasteiger partial charge in [-0.15, -0.1) is 0 Å². The Balaban J connectivity index is 3.16. The molecule has 0 aromatic carbocycles. The highest BCUT2D eigenvalue weighted by Crippen LogP contribution is 2.30. The normalized spacial score (nSPS) is 15.5. The zero-order valence-corrected chi connectivity index (χ0v) is 14.6. The maximum atomic E-state index is 5.58. The van der Waals surface area contributed by atoms with Crippen LogP contribution in [0.4, 0.5) is 0 Å². The van der Waals surface area contributed by atoms with Gasteiger partial charge in [0.1, 0.15) is 0 Å². The molecule has 1 aromatic heterocycles. The lowest BCUT2D eigenvalue weighted by Gasteiger charge is -2.23. The Kier molecular flexibility index (Phi) is 5.38. The molecule has 1 atom stereocenters. The van der Waals surface area contributed by atoms with E-state index in [1.54, 1.807) is 6.20 Å². The van der Waals surface area contributed by atoms with E-state index in [0.717, 1.165) is 5.69 Å². The minimum atomic E-state index is 0.0752. The lowest BCUT2D eigenvalue weighted by Crippen LogP contribution is -2.13. The number of nitrogens with zero attached hydrogens (tertiary/aromatic N) is 1. The van der Waals surface area contributed by atoms with Crippen LogP contribution in [0.25, 0.3) is 0 Å². The van der Waals surface area contributed by atoms with Crippen LogP contribution in [0.1, 0.15) is 65.6 Å². The highest BCUT2D eigenvalue weighted by Gasteiger charge is 2.18. The van der Waals surface area contributed by atoms with Crippen molar-refractivity contribution in [2.45, 2.75) is 59.8 Å². The lowest BCUT2D eigenvalue weighted by atomic mass is 9.83. The Morgan fingerprint density at radius 1 is 1.19 bits per heavy atom. The number of rotatable bonds is 3. The fraction of sp³-hybridized carbons (Fsp3) is 0.526. The second-order valence-electron chi connectivity index (χ2n) is 7.74. The van der Waals surface area contributed by atoms with Gasteiger partial charge in [-0.05, 0) is 46.4 Å². The van der Waals surface area contributed by atoms with Crippen molar-refractivity contribution in [1.29, 1.82) is 0 Å². The maximum absolute atomic E-state index is 5.58. The van der Waals surface area contributed by atoms with Gasteiger partial charge in [0.15, 0.2) is 0 Å². The SMILES string of the molecule is CC(/C=C(\C=C/N)C(C)(C)C)c1cc(C(C)(C)C)ccn1. The molecule has 2 N–H and O–H groups in total. The minimum absolute atomic E-state index is 0.0752. The van der Waals surface area contributed by atoms with Crippen LogP contribution in [0.5, 0.6) is 0 Å². The Hall–Kier alpha value is -1.57. The van der Waals surface area contributed by atoms with E-state index in [0.29, 0.717) is 0 Å². The summed E-state index contributed by atoms with van der Waals surface area (Å²) in [7, 11) is 0. The van der Waals surface area contributed by atoms with Crippen LogP contribution in [0, 0.1) is 5.41 Å². The summed E-state index contributed by atoms with van der Waals surface area (Å²) in [6, 6.07) is 4.32. The predicted octanol–water partition coefficient (Wildman–Crippen LogP) is 4.93. The van der Waals surface area contributed by atoms with Crippen molar-refractivity contribution in [3.8, 4) is 0 Å². The van der Waals surface area contributed by atoms with Crippen molar-refractivity contribution in [2.75, 3.05) is 0 Å². The second-order valence-corrected chi connectivity index (χ2v) is 7.74. The summed E-state index contributed by atoms with van der Waals surface area (Å²) in [6.07, 6.45) is 7.78. The third kappa shape index (κ3) is 5.04. The average molecular weight is 286 g/mol. The molecule has 0 fully saturated rings. The molecule has 0 saturated heterocycles. The highest BCUT2D eigenvalue weighted by atomic mass is 14.7. The Labute approximate surface area is 130 Å². The third-order valence-corrected chi connectivity index (χ3v) is 3.69. The molecule has 0 aliphatic carbocycles. The van der Waals surface area contributed by atoms with Gasteiger partial charge in [-0.1, -0.05) is 54.5 Å². The molecule has 0 spiro atoms. The summed E-state index contributed by atoms with van der Waals surface area (Å²) < 4.78 is 0. The van der Waals surface area contributed by atoms with Crippen LogP contribution >= 0.6 is 0 Å². The zero-order valence-electron chi connectivity index (χ0n) is 14.6. The van der Waals surface area contributed by atoms with E-state index in [1.165, 1.54) is 11.1 Å². The van der Waals surface area contributed by atoms with Crippen molar-refractivity contribution in [3.63, 3.8) is 0 Å². The summed E-state index contributed by atoms with van der Waals surface area (Å²) in [5, 5.41) is 0. The third-order valence-electron chi connectivity index (χ3n) is 3.69. The number of hydrogen-bond acceptors (Lipinski definition) is 2. The number of hydrogen-bond donors (Lipinski definition) is 1. The molecular weight excluding hydrogens is 256 g/mol. The number of pyridine rings is 1. The van der Waals surface area contributed by atoms with Crippen molar-refractivity contribution in [3.05, 3.63) is 53.5 Å². The molecule has 0 amide bonds. The van der Waals surface area contributed by atoms with Gasteiger partial charge in [0, 0.05) is 17.8 Å². The first kappa shape index (κ1) is 17.5. The summed E-state index contributed by atoms with van der Waals surface area (Å²) in [6.45, 7) is 15.5. The lowest BCUT2D eigenvalue weighted by molar-refractivity contribution is 0.513. The standard InChI is InChI=1S/C19H30N2/c1-14(12-15(8-10-20)18(2,3)4)17-13-16(9-11-21-17)19(5,6)7/h8-14H,20H2,1-7H3/b10-8-,15-12+. The molecule has 0 bridgehead atoms. The molecule has 21 heavy (non-hydrogen) atoms. The molecule has 1 aromatic rings. The molecule has 0 saturated carbocycles. The number of nitrogens with two attached hydrogens (primary N) is 1. The molecule has 1 rings (SSSR count). The van der Waals surface area contributed by atoms with Crippen LogP contribution in [-0.4, -0.2) is 4.98 Å². The second kappa shape index (κ2) is 6.46. The van der Waals surface area contributed by atoms with Crippen molar-refractivity contribution in [2.24, 2.45) is 11.1 Å². The van der Waals surface area contributed by atoms with E-state index in [2.05, 4.69) is 71.7 Å². The smallest absolute Gasteiger partial charge is 0.0472 e. The fourth-order valence-corrected chi connectivity index (χ4v) is 2.18. The molecule has 0 radical (unpaired) electrons. The first-order valence-corrected chi connectivity index (χ1v) is 7.62. The molecule has 116 valence electrons. The van der Waals surface area contributed by atoms with Gasteiger partial charge < -0.3 is 5.73 Å². The van der Waals surface area contributed by atoms with Gasteiger partial charge in [-0.25, -0.2) is 0 Å². The van der Waals surface area contributed by atoms with Gasteiger partial charge in [0.2, 0.25) is 0 Å². The topological polar surface area (TPSA) is 38.9 Å². The van der Waals surface area contributed by atoms with E-state index < -0.39 is 0 Å². The fourth-order valence-electron chi connectivity index (χ4n) is 2.18. The summed E-state index contributed by atoms with van der Waals surface area (Å²) >= 11 is 0. The molecule has 1 unspecified atom stereocenters. The molecule has 0 aliphatic rings. The van der Waals surface area contributed by atoms with Crippen LogP contribution in [0.3, 0.4) is 0 Å². The van der Waals surface area contributed by atoms with Gasteiger partial charge >= 0.3 is 0 Å². The average Bonchev–Trinajstić information content (AvgIpc) is 2.36. The summed E-state index contributed by atoms with van der Waals surface area (Å²) in [5.74, 6) is 0.262. The van der Waals surface area contributed by atoms with E-state index in [4.69, 9.17) is 5.73 Å². The van der Waals surface area contributed by atoms with Gasteiger partial charge in [-0.3, -0.25) is 4.98 Å². The van der Waals surface area contributed by atoms with Crippen LogP contribution < -0.4 is 5.73 Å². The van der Waals surface area contributed by atoms with Crippen LogP contribution in [-0.2, 0) is 5.41 Å². The summed E-state index contributed by atoms with van der Waals surface area (Å²) in [4.78, 5) is 4.55. The molecule has 2 nitrogen and oxygen atoms in total.